The van der Waals surface area contributed by atoms with E-state index < -0.39 is 13.0 Å². The molecular weight excluding hydrogens is 511 g/mol. The zero-order chi connectivity index (χ0) is 28.1. The van der Waals surface area contributed by atoms with Gasteiger partial charge in [0.25, 0.3) is 12.3 Å². The van der Waals surface area contributed by atoms with E-state index in [4.69, 9.17) is 0 Å². The van der Waals surface area contributed by atoms with E-state index in [1.165, 1.54) is 22.0 Å². The van der Waals surface area contributed by atoms with Gasteiger partial charge in [-0.25, -0.2) is 18.2 Å². The first-order chi connectivity index (χ1) is 18.7. The maximum absolute atomic E-state index is 14.1. The molecule has 0 radical (unpaired) electrons. The highest BCUT2D eigenvalue weighted by Crippen LogP contribution is 2.28. The number of likely N-dealkylation sites (N-methyl/N-ethyl adjacent to an activating group) is 2. The first-order valence-electron chi connectivity index (χ1n) is 12.9. The van der Waals surface area contributed by atoms with Crippen molar-refractivity contribution in [3.8, 4) is 0 Å². The zero-order valence-electron chi connectivity index (χ0n) is 22.4. The lowest BCUT2D eigenvalue weighted by molar-refractivity contribution is -0.145. The maximum Gasteiger partial charge on any atom is 0.257 e. The lowest BCUT2D eigenvalue weighted by atomic mass is 10.1. The van der Waals surface area contributed by atoms with Crippen LogP contribution < -0.4 is 15.5 Å². The number of amides is 2. The highest BCUT2D eigenvalue weighted by Gasteiger charge is 2.27. The van der Waals surface area contributed by atoms with Crippen molar-refractivity contribution in [2.75, 3.05) is 44.7 Å². The lowest BCUT2D eigenvalue weighted by Gasteiger charge is -2.28. The number of hydrogen-bond acceptors (Lipinski definition) is 6. The van der Waals surface area contributed by atoms with Crippen LogP contribution in [0.4, 0.5) is 18.9 Å². The van der Waals surface area contributed by atoms with Gasteiger partial charge in [0.2, 0.25) is 5.91 Å². The quantitative estimate of drug-likeness (QED) is 0.341. The summed E-state index contributed by atoms with van der Waals surface area (Å²) in [5, 5.41) is 14.1. The molecule has 9 nitrogen and oxygen atoms in total. The molecule has 2 N–H and O–H groups in total. The third kappa shape index (κ3) is 6.57. The molecule has 1 aliphatic heterocycles. The van der Waals surface area contributed by atoms with E-state index in [-0.39, 0.29) is 30.7 Å². The van der Waals surface area contributed by atoms with Gasteiger partial charge in [-0.2, -0.15) is 5.10 Å². The van der Waals surface area contributed by atoms with Crippen LogP contribution in [0.3, 0.4) is 0 Å². The Morgan fingerprint density at radius 1 is 1.13 bits per heavy atom. The number of nitrogens with zero attached hydrogens (tertiary/aromatic N) is 5. The van der Waals surface area contributed by atoms with Crippen LogP contribution in [-0.4, -0.2) is 77.8 Å². The first kappa shape index (κ1) is 28.5. The zero-order valence-corrected chi connectivity index (χ0v) is 22.4. The molecule has 0 saturated carbocycles. The minimum absolute atomic E-state index is 0.0724. The summed E-state index contributed by atoms with van der Waals surface area (Å²) in [7, 11) is 1.63. The number of nitrogens with one attached hydrogen (secondary N) is 2. The van der Waals surface area contributed by atoms with Crippen LogP contribution in [0.1, 0.15) is 23.6 Å². The van der Waals surface area contributed by atoms with E-state index in [9.17, 15) is 22.8 Å². The number of aryl methyl sites for hydroxylation is 1. The molecule has 1 aliphatic rings. The van der Waals surface area contributed by atoms with Gasteiger partial charge in [0, 0.05) is 49.9 Å². The molecule has 0 fully saturated rings. The van der Waals surface area contributed by atoms with Crippen molar-refractivity contribution in [2.24, 2.45) is 0 Å². The fourth-order valence-corrected chi connectivity index (χ4v) is 4.75. The largest absolute Gasteiger partial charge is 0.315 e. The summed E-state index contributed by atoms with van der Waals surface area (Å²) < 4.78 is 41.2. The molecular formula is C27H34F3N7O2. The Kier molecular flexibility index (Phi) is 9.20. The average Bonchev–Trinajstić information content (AvgIpc) is 3.50. The van der Waals surface area contributed by atoms with Crippen LogP contribution in [0.2, 0.25) is 0 Å². The molecule has 0 atom stereocenters. The van der Waals surface area contributed by atoms with Crippen molar-refractivity contribution in [1.82, 2.24) is 30.4 Å². The molecule has 12 heteroatoms. The molecule has 39 heavy (non-hydrogen) atoms. The summed E-state index contributed by atoms with van der Waals surface area (Å²) in [4.78, 5) is 27.7. The SMILES string of the molecule is CCNCCN(C(=O)CNCC(=O)N(C)N1Cc2cccc(F)c2C1)c1cc2cnn(CC(F)F)c2cc1C. The fraction of sp³-hybridized carbons (Fsp3) is 0.444. The van der Waals surface area contributed by atoms with Gasteiger partial charge in [-0.05, 0) is 42.8 Å². The number of benzene rings is 2. The smallest absolute Gasteiger partial charge is 0.257 e. The third-order valence-corrected chi connectivity index (χ3v) is 6.87. The van der Waals surface area contributed by atoms with E-state index >= 15 is 0 Å². The van der Waals surface area contributed by atoms with E-state index in [1.54, 1.807) is 35.2 Å². The predicted molar refractivity (Wildman–Crippen MR) is 143 cm³/mol. The molecule has 2 aromatic carbocycles. The highest BCUT2D eigenvalue weighted by atomic mass is 19.3. The number of carbonyl (C=O) groups excluding carboxylic acids is 2. The summed E-state index contributed by atoms with van der Waals surface area (Å²) in [6, 6.07) is 8.46. The summed E-state index contributed by atoms with van der Waals surface area (Å²) in [5.41, 5.74) is 3.42. The Morgan fingerprint density at radius 3 is 2.62 bits per heavy atom. The summed E-state index contributed by atoms with van der Waals surface area (Å²) >= 11 is 0. The van der Waals surface area contributed by atoms with E-state index in [2.05, 4.69) is 15.7 Å². The van der Waals surface area contributed by atoms with Crippen molar-refractivity contribution in [2.45, 2.75) is 39.9 Å². The van der Waals surface area contributed by atoms with Gasteiger partial charge in [0.1, 0.15) is 12.4 Å². The van der Waals surface area contributed by atoms with Crippen LogP contribution in [-0.2, 0) is 29.2 Å². The summed E-state index contributed by atoms with van der Waals surface area (Å²) in [6.07, 6.45) is -1.01. The average molecular weight is 546 g/mol. The van der Waals surface area contributed by atoms with Gasteiger partial charge in [-0.3, -0.25) is 24.6 Å². The summed E-state index contributed by atoms with van der Waals surface area (Å²) in [5.74, 6) is -0.771. The van der Waals surface area contributed by atoms with Gasteiger partial charge in [-0.1, -0.05) is 19.1 Å². The van der Waals surface area contributed by atoms with Crippen LogP contribution in [0.25, 0.3) is 10.9 Å². The van der Waals surface area contributed by atoms with Crippen molar-refractivity contribution in [3.63, 3.8) is 0 Å². The lowest BCUT2D eigenvalue weighted by Crippen LogP contribution is -2.47. The van der Waals surface area contributed by atoms with Crippen LogP contribution in [0.15, 0.2) is 36.5 Å². The Balaban J connectivity index is 1.40. The molecule has 0 bridgehead atoms. The number of carbonyl (C=O) groups is 2. The topological polar surface area (TPSA) is 85.7 Å². The maximum atomic E-state index is 14.1. The second-order valence-corrected chi connectivity index (χ2v) is 9.54. The Bertz CT molecular complexity index is 1330. The minimum atomic E-state index is -2.53. The molecule has 0 unspecified atom stereocenters. The molecule has 0 aliphatic carbocycles. The molecule has 1 aromatic heterocycles. The van der Waals surface area contributed by atoms with Gasteiger partial charge >= 0.3 is 0 Å². The standard InChI is InChI=1S/C27H34F3N7O2/c1-4-31-8-9-36(23-11-20-12-33-37(17-25(29)30)24(20)10-18(23)2)27(39)14-32-13-26(38)34(3)35-15-19-6-5-7-22(28)21(19)16-35/h5-7,10-12,25,31-32H,4,8-9,13-17H2,1-3H3. The van der Waals surface area contributed by atoms with E-state index in [1.807, 2.05) is 19.9 Å². The van der Waals surface area contributed by atoms with E-state index in [0.29, 0.717) is 48.3 Å². The highest BCUT2D eigenvalue weighted by molar-refractivity contribution is 5.98. The second kappa shape index (κ2) is 12.6. The van der Waals surface area contributed by atoms with Crippen molar-refractivity contribution in [1.29, 1.82) is 0 Å². The number of hydrazine groups is 1. The number of anilines is 1. The van der Waals surface area contributed by atoms with Crippen LogP contribution >= 0.6 is 0 Å². The Hall–Kier alpha value is -3.48. The van der Waals surface area contributed by atoms with Gasteiger partial charge in [0.05, 0.1) is 24.8 Å². The molecule has 3 aromatic rings. The first-order valence-corrected chi connectivity index (χ1v) is 12.9. The monoisotopic (exact) mass is 545 g/mol. The number of aromatic nitrogens is 2. The third-order valence-electron chi connectivity index (χ3n) is 6.87. The predicted octanol–water partition coefficient (Wildman–Crippen LogP) is 2.67. The van der Waals surface area contributed by atoms with Gasteiger partial charge in [0.15, 0.2) is 0 Å². The van der Waals surface area contributed by atoms with Crippen molar-refractivity contribution in [3.05, 3.63) is 59.0 Å². The van der Waals surface area contributed by atoms with Crippen molar-refractivity contribution >= 4 is 28.4 Å². The minimum Gasteiger partial charge on any atom is -0.315 e. The fourth-order valence-electron chi connectivity index (χ4n) is 4.75. The molecule has 2 amide bonds. The molecule has 0 spiro atoms. The molecule has 4 rings (SSSR count). The molecule has 0 saturated heterocycles. The number of fused-ring (bicyclic) bond motifs is 2. The van der Waals surface area contributed by atoms with Crippen LogP contribution in [0, 0.1) is 12.7 Å². The Labute approximate surface area is 225 Å². The number of hydrogen-bond donors (Lipinski definition) is 2. The second-order valence-electron chi connectivity index (χ2n) is 9.54. The number of halogens is 3. The molecule has 210 valence electrons. The number of alkyl halides is 2. The van der Waals surface area contributed by atoms with Gasteiger partial charge < -0.3 is 10.2 Å². The normalized spacial score (nSPS) is 13.3. The van der Waals surface area contributed by atoms with E-state index in [0.717, 1.165) is 17.7 Å². The van der Waals surface area contributed by atoms with Crippen molar-refractivity contribution < 1.29 is 22.8 Å². The van der Waals surface area contributed by atoms with Crippen LogP contribution in [0.5, 0.6) is 0 Å². The number of rotatable bonds is 12. The Morgan fingerprint density at radius 2 is 1.90 bits per heavy atom. The molecule has 2 heterocycles. The van der Waals surface area contributed by atoms with Gasteiger partial charge in [-0.15, -0.1) is 0 Å². The summed E-state index contributed by atoms with van der Waals surface area (Å²) in [6.45, 7) is 5.55.